The fourth-order valence-corrected chi connectivity index (χ4v) is 3.96. The molecule has 0 unspecified atom stereocenters. The molecule has 1 heterocycles. The van der Waals surface area contributed by atoms with Crippen LogP contribution in [0.5, 0.6) is 5.75 Å². The Hall–Kier alpha value is -2.18. The Bertz CT molecular complexity index is 912. The minimum absolute atomic E-state index is 0.0230. The van der Waals surface area contributed by atoms with E-state index < -0.39 is 11.8 Å². The van der Waals surface area contributed by atoms with Gasteiger partial charge in [-0.25, -0.2) is 13.6 Å². The number of esters is 1. The zero-order valence-corrected chi connectivity index (χ0v) is 18.7. The number of hydrogen-bond donors (Lipinski definition) is 0. The van der Waals surface area contributed by atoms with Gasteiger partial charge in [-0.3, -0.25) is 4.90 Å². The van der Waals surface area contributed by atoms with Crippen molar-refractivity contribution in [3.8, 4) is 5.75 Å². The van der Waals surface area contributed by atoms with Gasteiger partial charge in [0.2, 0.25) is 0 Å². The molecular formula is C24H28ClF2NO3. The second kappa shape index (κ2) is 10.9. The molecule has 1 aliphatic carbocycles. The van der Waals surface area contributed by atoms with E-state index in [9.17, 15) is 13.6 Å². The summed E-state index contributed by atoms with van der Waals surface area (Å²) in [5.41, 5.74) is 1.90. The Morgan fingerprint density at radius 1 is 1.10 bits per heavy atom. The molecule has 0 amide bonds. The van der Waals surface area contributed by atoms with E-state index in [1.54, 1.807) is 6.07 Å². The highest BCUT2D eigenvalue weighted by Crippen LogP contribution is 2.45. The number of piperidine rings is 1. The van der Waals surface area contributed by atoms with E-state index >= 15 is 0 Å². The van der Waals surface area contributed by atoms with Crippen molar-refractivity contribution >= 4 is 17.6 Å². The van der Waals surface area contributed by atoms with Crippen molar-refractivity contribution in [2.24, 2.45) is 0 Å². The average Bonchev–Trinajstić information content (AvgIpc) is 3.61. The molecule has 4 nitrogen and oxygen atoms in total. The smallest absolute Gasteiger partial charge is 0.340 e. The lowest BCUT2D eigenvalue weighted by molar-refractivity contribution is 0.0595. The number of hydrogen-bond acceptors (Lipinski definition) is 4. The van der Waals surface area contributed by atoms with Crippen LogP contribution in [0.3, 0.4) is 0 Å². The highest BCUT2D eigenvalue weighted by atomic mass is 35.5. The number of carbonyl (C=O) groups excluding carboxylic acids is 1. The van der Waals surface area contributed by atoms with Crippen molar-refractivity contribution in [3.05, 3.63) is 63.7 Å². The van der Waals surface area contributed by atoms with Crippen molar-refractivity contribution in [2.75, 3.05) is 27.3 Å². The summed E-state index contributed by atoms with van der Waals surface area (Å²) in [5, 5.41) is 0.542. The molecule has 2 aromatic carbocycles. The molecule has 1 saturated heterocycles. The molecule has 7 heteroatoms. The van der Waals surface area contributed by atoms with Crippen molar-refractivity contribution in [2.45, 2.75) is 44.6 Å². The summed E-state index contributed by atoms with van der Waals surface area (Å²) < 4.78 is 36.0. The van der Waals surface area contributed by atoms with Gasteiger partial charge >= 0.3 is 5.97 Å². The monoisotopic (exact) mass is 451 g/mol. The molecular weight excluding hydrogens is 424 g/mol. The molecule has 0 aromatic heterocycles. The molecule has 0 bridgehead atoms. The molecule has 2 aromatic rings. The van der Waals surface area contributed by atoms with Gasteiger partial charge in [0.15, 0.2) is 0 Å². The maximum Gasteiger partial charge on any atom is 0.340 e. The maximum absolute atomic E-state index is 13.6. The van der Waals surface area contributed by atoms with Crippen molar-refractivity contribution < 1.29 is 23.0 Å². The number of ether oxygens (including phenoxy) is 2. The molecule has 0 atom stereocenters. The summed E-state index contributed by atoms with van der Waals surface area (Å²) in [5.74, 6) is -0.621. The Balaban J connectivity index is 0.000000176. The summed E-state index contributed by atoms with van der Waals surface area (Å²) in [6.07, 6.45) is 5.97. The number of methoxy groups -OCH3 is 2. The van der Waals surface area contributed by atoms with Crippen LogP contribution in [0.15, 0.2) is 30.3 Å². The Labute approximate surface area is 187 Å². The zero-order chi connectivity index (χ0) is 22.4. The van der Waals surface area contributed by atoms with Crippen LogP contribution < -0.4 is 4.74 Å². The number of benzene rings is 2. The van der Waals surface area contributed by atoms with Crippen molar-refractivity contribution in [1.29, 1.82) is 0 Å². The number of nitrogens with zero attached hydrogens (tertiary/aromatic N) is 1. The lowest BCUT2D eigenvalue weighted by Crippen LogP contribution is -2.29. The normalized spacial score (nSPS) is 16.3. The third-order valence-corrected chi connectivity index (χ3v) is 5.95. The summed E-state index contributed by atoms with van der Waals surface area (Å²) in [7, 11) is 2.74. The van der Waals surface area contributed by atoms with E-state index in [0.29, 0.717) is 16.7 Å². The van der Waals surface area contributed by atoms with E-state index in [0.717, 1.165) is 43.6 Å². The first-order valence-corrected chi connectivity index (χ1v) is 10.9. The predicted octanol–water partition coefficient (Wildman–Crippen LogP) is 5.96. The van der Waals surface area contributed by atoms with Crippen LogP contribution in [-0.2, 0) is 11.3 Å². The summed E-state index contributed by atoms with van der Waals surface area (Å²) >= 11 is 5.98. The number of halogens is 3. The lowest BCUT2D eigenvalue weighted by Gasteiger charge is -2.26. The number of likely N-dealkylation sites (tertiary alicyclic amines) is 1. The number of carbonyl (C=O) groups is 1. The first-order chi connectivity index (χ1) is 14.9. The third kappa shape index (κ3) is 6.40. The fraction of sp³-hybridized carbons (Fsp3) is 0.458. The summed E-state index contributed by atoms with van der Waals surface area (Å²) in [6, 6.07) is 7.44. The highest BCUT2D eigenvalue weighted by Gasteiger charge is 2.29. The van der Waals surface area contributed by atoms with Crippen molar-refractivity contribution in [1.82, 2.24) is 4.90 Å². The Kier molecular flexibility index (Phi) is 8.27. The van der Waals surface area contributed by atoms with Gasteiger partial charge in [0.05, 0.1) is 19.8 Å². The molecule has 0 radical (unpaired) electrons. The predicted molar refractivity (Wildman–Crippen MR) is 117 cm³/mol. The fourth-order valence-electron chi connectivity index (χ4n) is 3.74. The van der Waals surface area contributed by atoms with Gasteiger partial charge in [0.25, 0.3) is 0 Å². The molecule has 1 aliphatic heterocycles. The molecule has 2 aliphatic rings. The molecule has 2 fully saturated rings. The minimum Gasteiger partial charge on any atom is -0.496 e. The van der Waals surface area contributed by atoms with Gasteiger partial charge in [0, 0.05) is 17.6 Å². The second-order valence-electron chi connectivity index (χ2n) is 7.91. The van der Waals surface area contributed by atoms with Crippen LogP contribution >= 0.6 is 11.6 Å². The van der Waals surface area contributed by atoms with Crippen LogP contribution in [0.4, 0.5) is 8.78 Å². The van der Waals surface area contributed by atoms with Crippen molar-refractivity contribution in [3.63, 3.8) is 0 Å². The van der Waals surface area contributed by atoms with Crippen LogP contribution in [0.25, 0.3) is 0 Å². The minimum atomic E-state index is -0.651. The van der Waals surface area contributed by atoms with Gasteiger partial charge in [0.1, 0.15) is 17.4 Å². The van der Waals surface area contributed by atoms with Gasteiger partial charge in [-0.2, -0.15) is 0 Å². The summed E-state index contributed by atoms with van der Waals surface area (Å²) in [6.45, 7) is 3.11. The van der Waals surface area contributed by atoms with Crippen LogP contribution in [0, 0.1) is 11.6 Å². The maximum atomic E-state index is 13.6. The molecule has 4 rings (SSSR count). The first kappa shape index (κ1) is 23.5. The lowest BCUT2D eigenvalue weighted by atomic mass is 10.0. The van der Waals surface area contributed by atoms with Crippen LogP contribution in [-0.4, -0.2) is 38.2 Å². The Morgan fingerprint density at radius 2 is 1.81 bits per heavy atom. The van der Waals surface area contributed by atoms with E-state index in [4.69, 9.17) is 16.3 Å². The number of rotatable bonds is 5. The molecule has 31 heavy (non-hydrogen) atoms. The van der Waals surface area contributed by atoms with Gasteiger partial charge in [-0.05, 0) is 74.0 Å². The van der Waals surface area contributed by atoms with Gasteiger partial charge in [-0.1, -0.05) is 24.1 Å². The van der Waals surface area contributed by atoms with E-state index in [-0.39, 0.29) is 11.4 Å². The van der Waals surface area contributed by atoms with Gasteiger partial charge < -0.3 is 9.47 Å². The first-order valence-electron chi connectivity index (χ1n) is 10.5. The standard InChI is InChI=1S/C12H15ClFN.C12H13FO3/c13-12-8-11(14)5-4-10(12)9-15-6-2-1-3-7-15;1-15-11-6-10(13)9(12(14)16-2)5-8(11)7-3-4-7/h4-5,8H,1-3,6-7,9H2;5-7H,3-4H2,1-2H3. The average molecular weight is 452 g/mol. The Morgan fingerprint density at radius 3 is 2.39 bits per heavy atom. The molecule has 0 spiro atoms. The van der Waals surface area contributed by atoms with E-state index in [1.165, 1.54) is 57.7 Å². The molecule has 168 valence electrons. The summed E-state index contributed by atoms with van der Waals surface area (Å²) in [4.78, 5) is 13.7. The molecule has 0 N–H and O–H groups in total. The quantitative estimate of drug-likeness (QED) is 0.525. The highest BCUT2D eigenvalue weighted by molar-refractivity contribution is 6.31. The van der Waals surface area contributed by atoms with E-state index in [2.05, 4.69) is 9.64 Å². The topological polar surface area (TPSA) is 38.8 Å². The van der Waals surface area contributed by atoms with Crippen LogP contribution in [0.1, 0.15) is 59.5 Å². The second-order valence-corrected chi connectivity index (χ2v) is 8.32. The SMILES string of the molecule is COC(=O)c1cc(C2CC2)c(OC)cc1F.Fc1ccc(CN2CCCCC2)c(Cl)c1. The zero-order valence-electron chi connectivity index (χ0n) is 17.9. The largest absolute Gasteiger partial charge is 0.496 e. The van der Waals surface area contributed by atoms with Gasteiger partial charge in [-0.15, -0.1) is 0 Å². The van der Waals surface area contributed by atoms with E-state index in [1.807, 2.05) is 0 Å². The third-order valence-electron chi connectivity index (χ3n) is 5.60. The van der Waals surface area contributed by atoms with Crippen LogP contribution in [0.2, 0.25) is 5.02 Å². The molecule has 1 saturated carbocycles.